The first-order chi connectivity index (χ1) is 7.69. The molecule has 2 rings (SSSR count). The van der Waals surface area contributed by atoms with Gasteiger partial charge in [-0.05, 0) is 43.3 Å². The number of halogens is 1. The van der Waals surface area contributed by atoms with Crippen molar-refractivity contribution in [2.24, 2.45) is 0 Å². The topological polar surface area (TPSA) is 47.9 Å². The smallest absolute Gasteiger partial charge is 0.171 e. The summed E-state index contributed by atoms with van der Waals surface area (Å²) in [4.78, 5) is 0. The van der Waals surface area contributed by atoms with E-state index in [0.717, 1.165) is 5.69 Å². The van der Waals surface area contributed by atoms with Gasteiger partial charge < -0.3 is 10.6 Å². The van der Waals surface area contributed by atoms with Gasteiger partial charge in [0.1, 0.15) is 0 Å². The molecule has 0 radical (unpaired) electrons. The summed E-state index contributed by atoms with van der Waals surface area (Å²) in [5.41, 5.74) is 1.26. The van der Waals surface area contributed by atoms with E-state index in [2.05, 4.69) is 10.6 Å². The van der Waals surface area contributed by atoms with Crippen molar-refractivity contribution in [2.45, 2.75) is 18.9 Å². The average molecular weight is 252 g/mol. The first kappa shape index (κ1) is 11.2. The second-order valence-corrected chi connectivity index (χ2v) is 4.49. The van der Waals surface area contributed by atoms with E-state index in [1.54, 1.807) is 18.2 Å². The quantitative estimate of drug-likeness (QED) is 0.794. The first-order valence-electron chi connectivity index (χ1n) is 4.96. The maximum Gasteiger partial charge on any atom is 0.171 e. The molecule has 1 fully saturated rings. The minimum absolute atomic E-state index is 0.499. The lowest BCUT2D eigenvalue weighted by Gasteiger charge is -2.10. The van der Waals surface area contributed by atoms with Crippen LogP contribution in [-0.4, -0.2) is 11.2 Å². The van der Waals surface area contributed by atoms with Crippen LogP contribution in [0.1, 0.15) is 18.4 Å². The van der Waals surface area contributed by atoms with Crippen LogP contribution in [0.5, 0.6) is 0 Å². The molecule has 16 heavy (non-hydrogen) atoms. The Morgan fingerprint density at radius 2 is 2.25 bits per heavy atom. The van der Waals surface area contributed by atoms with Crippen LogP contribution < -0.4 is 10.6 Å². The van der Waals surface area contributed by atoms with Crippen LogP contribution in [0.4, 0.5) is 5.69 Å². The van der Waals surface area contributed by atoms with Crippen molar-refractivity contribution in [3.05, 3.63) is 28.8 Å². The fourth-order valence-electron chi connectivity index (χ4n) is 1.26. The highest BCUT2D eigenvalue weighted by atomic mass is 35.5. The predicted molar refractivity (Wildman–Crippen MR) is 68.5 cm³/mol. The van der Waals surface area contributed by atoms with Gasteiger partial charge in [0.05, 0.1) is 22.3 Å². The molecule has 0 unspecified atom stereocenters. The third-order valence-corrected chi connectivity index (χ3v) is 2.79. The highest BCUT2D eigenvalue weighted by Gasteiger charge is 2.21. The molecule has 0 aromatic heterocycles. The fourth-order valence-corrected chi connectivity index (χ4v) is 1.76. The molecule has 0 bridgehead atoms. The molecular formula is C11H10ClN3S. The van der Waals surface area contributed by atoms with Gasteiger partial charge in [0.2, 0.25) is 0 Å². The minimum Gasteiger partial charge on any atom is -0.360 e. The molecule has 1 aromatic carbocycles. The van der Waals surface area contributed by atoms with Crippen LogP contribution in [0.25, 0.3) is 0 Å². The average Bonchev–Trinajstić information content (AvgIpc) is 3.05. The molecule has 82 valence electrons. The number of hydrogen-bond donors (Lipinski definition) is 2. The van der Waals surface area contributed by atoms with Crippen molar-refractivity contribution in [3.8, 4) is 6.07 Å². The van der Waals surface area contributed by atoms with Crippen LogP contribution in [0.2, 0.25) is 5.02 Å². The zero-order valence-corrected chi connectivity index (χ0v) is 10.0. The summed E-state index contributed by atoms with van der Waals surface area (Å²) in [6.07, 6.45) is 2.34. The Bertz CT molecular complexity index is 463. The summed E-state index contributed by atoms with van der Waals surface area (Å²) in [5.74, 6) is 0. The van der Waals surface area contributed by atoms with Crippen molar-refractivity contribution in [2.75, 3.05) is 5.32 Å². The molecule has 1 aliphatic carbocycles. The summed E-state index contributed by atoms with van der Waals surface area (Å²) in [6, 6.07) is 7.61. The van der Waals surface area contributed by atoms with Crippen molar-refractivity contribution in [1.29, 1.82) is 5.26 Å². The minimum atomic E-state index is 0.499. The lowest BCUT2D eigenvalue weighted by Crippen LogP contribution is -2.30. The molecule has 1 aliphatic rings. The summed E-state index contributed by atoms with van der Waals surface area (Å²) in [7, 11) is 0. The van der Waals surface area contributed by atoms with Gasteiger partial charge in [0.15, 0.2) is 5.11 Å². The maximum atomic E-state index is 8.69. The van der Waals surface area contributed by atoms with Gasteiger partial charge in [-0.25, -0.2) is 0 Å². The lowest BCUT2D eigenvalue weighted by molar-refractivity contribution is 0.919. The van der Waals surface area contributed by atoms with E-state index in [1.165, 1.54) is 12.8 Å². The van der Waals surface area contributed by atoms with Crippen molar-refractivity contribution in [3.63, 3.8) is 0 Å². The van der Waals surface area contributed by atoms with E-state index in [1.807, 2.05) is 6.07 Å². The highest BCUT2D eigenvalue weighted by molar-refractivity contribution is 7.80. The number of anilines is 1. The van der Waals surface area contributed by atoms with E-state index >= 15 is 0 Å². The zero-order valence-electron chi connectivity index (χ0n) is 8.46. The molecule has 1 aromatic rings. The van der Waals surface area contributed by atoms with Crippen molar-refractivity contribution >= 4 is 34.6 Å². The van der Waals surface area contributed by atoms with E-state index in [9.17, 15) is 0 Å². The van der Waals surface area contributed by atoms with Gasteiger partial charge in [-0.2, -0.15) is 5.26 Å². The number of rotatable bonds is 2. The Morgan fingerprint density at radius 3 is 2.81 bits per heavy atom. The number of nitriles is 1. The maximum absolute atomic E-state index is 8.69. The van der Waals surface area contributed by atoms with Gasteiger partial charge in [-0.3, -0.25) is 0 Å². The Labute approximate surface area is 104 Å². The number of benzene rings is 1. The largest absolute Gasteiger partial charge is 0.360 e. The summed E-state index contributed by atoms with van der Waals surface area (Å²) in [6.45, 7) is 0. The summed E-state index contributed by atoms with van der Waals surface area (Å²) in [5, 5.41) is 15.9. The van der Waals surface area contributed by atoms with Crippen LogP contribution in [0, 0.1) is 11.3 Å². The van der Waals surface area contributed by atoms with Gasteiger partial charge in [-0.15, -0.1) is 0 Å². The molecule has 1 saturated carbocycles. The van der Waals surface area contributed by atoms with Gasteiger partial charge in [0.25, 0.3) is 0 Å². The molecule has 0 atom stereocenters. The van der Waals surface area contributed by atoms with E-state index in [-0.39, 0.29) is 0 Å². The molecule has 5 heteroatoms. The van der Waals surface area contributed by atoms with E-state index < -0.39 is 0 Å². The predicted octanol–water partition coefficient (Wildman–Crippen LogP) is 2.66. The van der Waals surface area contributed by atoms with Crippen molar-refractivity contribution < 1.29 is 0 Å². The number of nitrogens with zero attached hydrogens (tertiary/aromatic N) is 1. The van der Waals surface area contributed by atoms with Crippen LogP contribution in [-0.2, 0) is 0 Å². The molecule has 0 saturated heterocycles. The Balaban J connectivity index is 2.03. The fraction of sp³-hybridized carbons (Fsp3) is 0.273. The molecule has 0 amide bonds. The number of thiocarbonyl (C=S) groups is 1. The van der Waals surface area contributed by atoms with Crippen LogP contribution >= 0.6 is 23.8 Å². The number of hydrogen-bond acceptors (Lipinski definition) is 2. The molecule has 2 N–H and O–H groups in total. The molecular weight excluding hydrogens is 242 g/mol. The highest BCUT2D eigenvalue weighted by Crippen LogP contribution is 2.23. The van der Waals surface area contributed by atoms with Crippen molar-refractivity contribution in [1.82, 2.24) is 5.32 Å². The standard InChI is InChI=1S/C11H10ClN3S/c12-9-5-7(6-13)1-4-10(9)15-11(16)14-8-2-3-8/h1,4-5,8H,2-3H2,(H2,14,15,16). The van der Waals surface area contributed by atoms with Crippen LogP contribution in [0.15, 0.2) is 18.2 Å². The zero-order chi connectivity index (χ0) is 11.5. The Hall–Kier alpha value is -1.31. The lowest BCUT2D eigenvalue weighted by atomic mass is 10.2. The molecule has 0 heterocycles. The first-order valence-corrected chi connectivity index (χ1v) is 5.75. The second-order valence-electron chi connectivity index (χ2n) is 3.68. The van der Waals surface area contributed by atoms with Crippen LogP contribution in [0.3, 0.4) is 0 Å². The normalized spacial score (nSPS) is 14.0. The third kappa shape index (κ3) is 2.84. The number of nitrogens with one attached hydrogen (secondary N) is 2. The Morgan fingerprint density at radius 1 is 1.50 bits per heavy atom. The van der Waals surface area contributed by atoms with E-state index in [4.69, 9.17) is 29.1 Å². The molecule has 3 nitrogen and oxygen atoms in total. The molecule has 0 spiro atoms. The monoisotopic (exact) mass is 251 g/mol. The van der Waals surface area contributed by atoms with E-state index in [0.29, 0.717) is 21.7 Å². The Kier molecular flexibility index (Phi) is 3.28. The third-order valence-electron chi connectivity index (χ3n) is 2.26. The van der Waals surface area contributed by atoms with Gasteiger partial charge in [-0.1, -0.05) is 11.6 Å². The second kappa shape index (κ2) is 4.69. The van der Waals surface area contributed by atoms with Gasteiger partial charge in [0, 0.05) is 6.04 Å². The SMILES string of the molecule is N#Cc1ccc(NC(=S)NC2CC2)c(Cl)c1. The van der Waals surface area contributed by atoms with Gasteiger partial charge >= 0.3 is 0 Å². The summed E-state index contributed by atoms with van der Waals surface area (Å²) < 4.78 is 0. The molecule has 0 aliphatic heterocycles. The summed E-state index contributed by atoms with van der Waals surface area (Å²) >= 11 is 11.1.